The van der Waals surface area contributed by atoms with Crippen molar-refractivity contribution < 1.29 is 9.50 Å². The molecule has 0 saturated heterocycles. The van der Waals surface area contributed by atoms with Crippen molar-refractivity contribution in [1.82, 2.24) is 0 Å². The number of benzene rings is 1. The third-order valence-corrected chi connectivity index (χ3v) is 3.85. The number of hydrogen-bond donors (Lipinski definition) is 1. The second kappa shape index (κ2) is 5.76. The zero-order valence-corrected chi connectivity index (χ0v) is 11.5. The molecule has 1 aromatic carbocycles. The monoisotopic (exact) mass is 314 g/mol. The molecule has 0 spiro atoms. The molecule has 2 aromatic rings. The van der Waals surface area contributed by atoms with Crippen LogP contribution in [0.3, 0.4) is 0 Å². The normalized spacial score (nSPS) is 12.6. The molecule has 1 N–H and O–H groups in total. The molecule has 0 amide bonds. The molecule has 1 heterocycles. The molecule has 0 fully saturated rings. The van der Waals surface area contributed by atoms with Crippen LogP contribution in [0.15, 0.2) is 39.5 Å². The molecule has 1 unspecified atom stereocenters. The van der Waals surface area contributed by atoms with Crippen molar-refractivity contribution in [1.29, 1.82) is 0 Å². The second-order valence-corrected chi connectivity index (χ2v) is 5.58. The zero-order valence-electron chi connectivity index (χ0n) is 9.07. The summed E-state index contributed by atoms with van der Waals surface area (Å²) in [5.74, 6) is -0.277. The Labute approximate surface area is 112 Å². The van der Waals surface area contributed by atoms with Crippen molar-refractivity contribution in [3.8, 4) is 0 Å². The predicted molar refractivity (Wildman–Crippen MR) is 71.8 cm³/mol. The van der Waals surface area contributed by atoms with Gasteiger partial charge in [0.1, 0.15) is 5.82 Å². The van der Waals surface area contributed by atoms with Gasteiger partial charge in [0.25, 0.3) is 0 Å². The van der Waals surface area contributed by atoms with Crippen LogP contribution >= 0.6 is 27.3 Å². The Bertz CT molecular complexity index is 484. The quantitative estimate of drug-likeness (QED) is 0.910. The zero-order chi connectivity index (χ0) is 12.3. The SMILES string of the molecule is OC(Cc1ccsc1)Cc1ccc(F)c(Br)c1. The minimum Gasteiger partial charge on any atom is -0.392 e. The topological polar surface area (TPSA) is 20.2 Å². The second-order valence-electron chi connectivity index (χ2n) is 3.94. The number of aliphatic hydroxyl groups excluding tert-OH is 1. The molecule has 90 valence electrons. The number of aliphatic hydroxyl groups is 1. The van der Waals surface area contributed by atoms with Crippen LogP contribution in [0.25, 0.3) is 0 Å². The Hall–Kier alpha value is -0.710. The molecule has 1 aromatic heterocycles. The predicted octanol–water partition coefficient (Wildman–Crippen LogP) is 3.80. The number of rotatable bonds is 4. The maximum absolute atomic E-state index is 13.0. The van der Waals surface area contributed by atoms with Crippen molar-refractivity contribution >= 4 is 27.3 Å². The first-order valence-electron chi connectivity index (χ1n) is 5.28. The summed E-state index contributed by atoms with van der Waals surface area (Å²) >= 11 is 4.77. The van der Waals surface area contributed by atoms with E-state index in [-0.39, 0.29) is 5.82 Å². The van der Waals surface area contributed by atoms with Crippen molar-refractivity contribution in [3.05, 3.63) is 56.4 Å². The van der Waals surface area contributed by atoms with E-state index in [1.54, 1.807) is 23.5 Å². The molecule has 2 rings (SSSR count). The first-order chi connectivity index (χ1) is 8.15. The van der Waals surface area contributed by atoms with Gasteiger partial charge in [-0.1, -0.05) is 6.07 Å². The third kappa shape index (κ3) is 3.63. The smallest absolute Gasteiger partial charge is 0.137 e. The van der Waals surface area contributed by atoms with Gasteiger partial charge in [0.05, 0.1) is 10.6 Å². The van der Waals surface area contributed by atoms with Gasteiger partial charge in [-0.3, -0.25) is 0 Å². The molecule has 0 aliphatic rings. The largest absolute Gasteiger partial charge is 0.392 e. The summed E-state index contributed by atoms with van der Waals surface area (Å²) in [6, 6.07) is 6.84. The van der Waals surface area contributed by atoms with Crippen LogP contribution in [0.1, 0.15) is 11.1 Å². The van der Waals surface area contributed by atoms with Gasteiger partial charge in [-0.2, -0.15) is 11.3 Å². The van der Waals surface area contributed by atoms with Gasteiger partial charge >= 0.3 is 0 Å². The van der Waals surface area contributed by atoms with Gasteiger partial charge in [0.15, 0.2) is 0 Å². The number of thiophene rings is 1. The summed E-state index contributed by atoms with van der Waals surface area (Å²) in [6.45, 7) is 0. The summed E-state index contributed by atoms with van der Waals surface area (Å²) in [6.07, 6.45) is 0.745. The van der Waals surface area contributed by atoms with E-state index in [9.17, 15) is 9.50 Å². The average molecular weight is 315 g/mol. The van der Waals surface area contributed by atoms with E-state index >= 15 is 0 Å². The minimum absolute atomic E-state index is 0.277. The fourth-order valence-electron chi connectivity index (χ4n) is 1.69. The maximum Gasteiger partial charge on any atom is 0.137 e. The summed E-state index contributed by atoms with van der Waals surface area (Å²) in [5, 5.41) is 14.0. The number of halogens is 2. The van der Waals surface area contributed by atoms with Crippen LogP contribution in [0.2, 0.25) is 0 Å². The van der Waals surface area contributed by atoms with Crippen molar-refractivity contribution in [2.24, 2.45) is 0 Å². The van der Waals surface area contributed by atoms with Crippen LogP contribution in [0, 0.1) is 5.82 Å². The summed E-state index contributed by atoms with van der Waals surface area (Å²) in [4.78, 5) is 0. The lowest BCUT2D eigenvalue weighted by atomic mass is 10.0. The van der Waals surface area contributed by atoms with Crippen molar-refractivity contribution in [2.45, 2.75) is 18.9 Å². The molecule has 4 heteroatoms. The summed E-state index contributed by atoms with van der Waals surface area (Å²) < 4.78 is 13.5. The molecule has 1 nitrogen and oxygen atoms in total. The molecular formula is C13H12BrFOS. The Morgan fingerprint density at radius 1 is 1.24 bits per heavy atom. The van der Waals surface area contributed by atoms with E-state index in [0.717, 1.165) is 11.1 Å². The minimum atomic E-state index is -0.429. The highest BCUT2D eigenvalue weighted by Crippen LogP contribution is 2.19. The average Bonchev–Trinajstić information content (AvgIpc) is 2.76. The van der Waals surface area contributed by atoms with Gasteiger partial charge in [-0.05, 0) is 68.9 Å². The Morgan fingerprint density at radius 2 is 2.00 bits per heavy atom. The summed E-state index contributed by atoms with van der Waals surface area (Å²) in [7, 11) is 0. The van der Waals surface area contributed by atoms with Gasteiger partial charge < -0.3 is 5.11 Å². The van der Waals surface area contributed by atoms with Crippen LogP contribution in [-0.4, -0.2) is 11.2 Å². The van der Waals surface area contributed by atoms with E-state index in [0.29, 0.717) is 17.3 Å². The van der Waals surface area contributed by atoms with E-state index in [1.807, 2.05) is 16.8 Å². The molecule has 0 saturated carbocycles. The third-order valence-electron chi connectivity index (χ3n) is 2.51. The van der Waals surface area contributed by atoms with Gasteiger partial charge in [0, 0.05) is 0 Å². The van der Waals surface area contributed by atoms with Crippen molar-refractivity contribution in [3.63, 3.8) is 0 Å². The molecular weight excluding hydrogens is 303 g/mol. The van der Waals surface area contributed by atoms with E-state index in [1.165, 1.54) is 6.07 Å². The molecule has 0 bridgehead atoms. The highest BCUT2D eigenvalue weighted by molar-refractivity contribution is 9.10. The first-order valence-corrected chi connectivity index (χ1v) is 7.02. The van der Waals surface area contributed by atoms with Gasteiger partial charge in [0.2, 0.25) is 0 Å². The fourth-order valence-corrected chi connectivity index (χ4v) is 2.80. The lowest BCUT2D eigenvalue weighted by Gasteiger charge is -2.10. The molecule has 17 heavy (non-hydrogen) atoms. The van der Waals surface area contributed by atoms with Gasteiger partial charge in [-0.25, -0.2) is 4.39 Å². The van der Waals surface area contributed by atoms with Crippen LogP contribution < -0.4 is 0 Å². The first kappa shape index (κ1) is 12.7. The highest BCUT2D eigenvalue weighted by atomic mass is 79.9. The van der Waals surface area contributed by atoms with E-state index < -0.39 is 6.10 Å². The Morgan fingerprint density at radius 3 is 2.65 bits per heavy atom. The van der Waals surface area contributed by atoms with Crippen LogP contribution in [0.5, 0.6) is 0 Å². The van der Waals surface area contributed by atoms with Crippen molar-refractivity contribution in [2.75, 3.05) is 0 Å². The molecule has 0 aliphatic carbocycles. The van der Waals surface area contributed by atoms with Crippen LogP contribution in [-0.2, 0) is 12.8 Å². The lowest BCUT2D eigenvalue weighted by Crippen LogP contribution is -2.13. The van der Waals surface area contributed by atoms with E-state index in [2.05, 4.69) is 15.9 Å². The van der Waals surface area contributed by atoms with Crippen LogP contribution in [0.4, 0.5) is 4.39 Å². The maximum atomic E-state index is 13.0. The molecule has 1 atom stereocenters. The molecule has 0 radical (unpaired) electrons. The lowest BCUT2D eigenvalue weighted by molar-refractivity contribution is 0.175. The molecule has 0 aliphatic heterocycles. The Balaban J connectivity index is 1.98. The highest BCUT2D eigenvalue weighted by Gasteiger charge is 2.08. The van der Waals surface area contributed by atoms with E-state index in [4.69, 9.17) is 0 Å². The number of hydrogen-bond acceptors (Lipinski definition) is 2. The van der Waals surface area contributed by atoms with Gasteiger partial charge in [-0.15, -0.1) is 0 Å². The Kier molecular flexibility index (Phi) is 4.31. The summed E-state index contributed by atoms with van der Waals surface area (Å²) in [5.41, 5.74) is 2.07. The fraction of sp³-hybridized carbons (Fsp3) is 0.231. The standard InChI is InChI=1S/C13H12BrFOS/c14-12-7-9(1-2-13(12)15)5-11(16)6-10-3-4-17-8-10/h1-4,7-8,11,16H,5-6H2.